The average molecular weight is 653 g/mol. The summed E-state index contributed by atoms with van der Waals surface area (Å²) in [5, 5.41) is 0.956. The number of ether oxygens (including phenoxy) is 1. The van der Waals surface area contributed by atoms with Crippen LogP contribution in [0.2, 0.25) is 0 Å². The lowest BCUT2D eigenvalue weighted by molar-refractivity contribution is 0.438. The minimum atomic E-state index is -0.523. The van der Waals surface area contributed by atoms with Crippen molar-refractivity contribution in [3.8, 4) is 56.4 Å². The SMILES string of the molecule is c1ccc(-c2cccc(-c3nc(-c4ccc5c(c4)Oc4cccc6c4C5(c4ccccc4)c4ccccc4-6)nc4c3oc3ccccc34)c2)cc1. The average Bonchev–Trinajstić information content (AvgIpc) is 3.73. The van der Waals surface area contributed by atoms with E-state index in [1.54, 1.807) is 0 Å². The highest BCUT2D eigenvalue weighted by molar-refractivity contribution is 6.07. The molecule has 3 heterocycles. The van der Waals surface area contributed by atoms with Crippen LogP contribution < -0.4 is 4.74 Å². The standard InChI is InChI=1S/C47H28N2O2/c1-3-13-29(14-4-1)30-15-11-16-31(27-30)43-45-44(36-20-8-10-23-39(36)51-45)49-46(48-43)32-25-26-38-41(28-32)50-40-24-12-21-35-34-19-7-9-22-37(34)47(38,42(35)40)33-17-5-2-6-18-33/h1-28H. The van der Waals surface area contributed by atoms with Gasteiger partial charge in [0.15, 0.2) is 11.4 Å². The fraction of sp³-hybridized carbons (Fsp3) is 0.0213. The summed E-state index contributed by atoms with van der Waals surface area (Å²) in [6, 6.07) is 59.4. The van der Waals surface area contributed by atoms with E-state index in [4.69, 9.17) is 19.1 Å². The van der Waals surface area contributed by atoms with Crippen LogP contribution in [0.15, 0.2) is 174 Å². The normalized spacial score (nSPS) is 15.3. The zero-order chi connectivity index (χ0) is 33.5. The number of hydrogen-bond acceptors (Lipinski definition) is 4. The first-order chi connectivity index (χ1) is 25.3. The van der Waals surface area contributed by atoms with Gasteiger partial charge in [0, 0.05) is 27.6 Å². The predicted molar refractivity (Wildman–Crippen MR) is 203 cm³/mol. The van der Waals surface area contributed by atoms with Crippen LogP contribution in [0.1, 0.15) is 22.3 Å². The summed E-state index contributed by atoms with van der Waals surface area (Å²) in [5.74, 6) is 2.28. The highest BCUT2D eigenvalue weighted by Gasteiger charge is 2.51. The van der Waals surface area contributed by atoms with Crippen LogP contribution in [0, 0.1) is 0 Å². The molecule has 0 saturated carbocycles. The van der Waals surface area contributed by atoms with E-state index in [0.717, 1.165) is 61.5 Å². The Balaban J connectivity index is 1.15. The van der Waals surface area contributed by atoms with Gasteiger partial charge in [-0.3, -0.25) is 0 Å². The molecule has 0 amide bonds. The van der Waals surface area contributed by atoms with Gasteiger partial charge in [0.25, 0.3) is 0 Å². The Morgan fingerprint density at radius 2 is 1.20 bits per heavy atom. The molecule has 7 aromatic carbocycles. The minimum Gasteiger partial charge on any atom is -0.457 e. The molecule has 51 heavy (non-hydrogen) atoms. The first-order valence-corrected chi connectivity index (χ1v) is 17.2. The number of para-hydroxylation sites is 1. The van der Waals surface area contributed by atoms with Crippen molar-refractivity contribution in [2.45, 2.75) is 5.41 Å². The number of benzene rings is 7. The van der Waals surface area contributed by atoms with Gasteiger partial charge in [-0.05, 0) is 63.7 Å². The van der Waals surface area contributed by atoms with E-state index in [-0.39, 0.29) is 0 Å². The molecule has 0 radical (unpaired) electrons. The smallest absolute Gasteiger partial charge is 0.180 e. The van der Waals surface area contributed by atoms with Crippen molar-refractivity contribution >= 4 is 22.1 Å². The molecule has 0 saturated heterocycles. The molecule has 0 N–H and O–H groups in total. The van der Waals surface area contributed by atoms with Gasteiger partial charge in [0.05, 0.1) is 5.41 Å². The summed E-state index contributed by atoms with van der Waals surface area (Å²) in [4.78, 5) is 10.5. The Labute approximate surface area is 294 Å². The van der Waals surface area contributed by atoms with E-state index in [0.29, 0.717) is 11.4 Å². The predicted octanol–water partition coefficient (Wildman–Crippen LogP) is 11.8. The van der Waals surface area contributed by atoms with Gasteiger partial charge in [-0.2, -0.15) is 0 Å². The molecule has 0 bridgehead atoms. The van der Waals surface area contributed by atoms with Crippen molar-refractivity contribution < 1.29 is 9.15 Å². The third kappa shape index (κ3) is 3.96. The van der Waals surface area contributed by atoms with Gasteiger partial charge >= 0.3 is 0 Å². The second-order valence-corrected chi connectivity index (χ2v) is 13.3. The van der Waals surface area contributed by atoms with Crippen LogP contribution in [-0.4, -0.2) is 9.97 Å². The maximum Gasteiger partial charge on any atom is 0.180 e. The number of furan rings is 1. The van der Waals surface area contributed by atoms with E-state index in [9.17, 15) is 0 Å². The zero-order valence-electron chi connectivity index (χ0n) is 27.4. The zero-order valence-corrected chi connectivity index (χ0v) is 27.4. The monoisotopic (exact) mass is 652 g/mol. The molecule has 4 nitrogen and oxygen atoms in total. The lowest BCUT2D eigenvalue weighted by atomic mass is 9.66. The van der Waals surface area contributed by atoms with Gasteiger partial charge < -0.3 is 9.15 Å². The van der Waals surface area contributed by atoms with Crippen molar-refractivity contribution in [2.24, 2.45) is 0 Å². The molecule has 0 fully saturated rings. The van der Waals surface area contributed by atoms with Crippen LogP contribution in [-0.2, 0) is 5.41 Å². The highest BCUT2D eigenvalue weighted by Crippen LogP contribution is 2.63. The molecular formula is C47H28N2O2. The fourth-order valence-electron chi connectivity index (χ4n) is 8.40. The molecule has 2 aliphatic rings. The topological polar surface area (TPSA) is 48.2 Å². The molecule has 11 rings (SSSR count). The number of fused-ring (bicyclic) bond motifs is 8. The summed E-state index contributed by atoms with van der Waals surface area (Å²) in [5.41, 5.74) is 13.8. The van der Waals surface area contributed by atoms with E-state index >= 15 is 0 Å². The first kappa shape index (κ1) is 28.1. The highest BCUT2D eigenvalue weighted by atomic mass is 16.5. The van der Waals surface area contributed by atoms with E-state index in [1.807, 2.05) is 24.3 Å². The largest absolute Gasteiger partial charge is 0.457 e. The quantitative estimate of drug-likeness (QED) is 0.190. The molecular weight excluding hydrogens is 625 g/mol. The summed E-state index contributed by atoms with van der Waals surface area (Å²) >= 11 is 0. The maximum atomic E-state index is 6.86. The summed E-state index contributed by atoms with van der Waals surface area (Å²) in [6.45, 7) is 0. The van der Waals surface area contributed by atoms with Crippen LogP contribution in [0.4, 0.5) is 0 Å². The molecule has 1 atom stereocenters. The van der Waals surface area contributed by atoms with Crippen molar-refractivity contribution in [2.75, 3.05) is 0 Å². The maximum absolute atomic E-state index is 6.86. The fourth-order valence-corrected chi connectivity index (χ4v) is 8.40. The van der Waals surface area contributed by atoms with Gasteiger partial charge in [-0.15, -0.1) is 0 Å². The first-order valence-electron chi connectivity index (χ1n) is 17.2. The molecule has 1 unspecified atom stereocenters. The van der Waals surface area contributed by atoms with E-state index in [2.05, 4.69) is 146 Å². The molecule has 9 aromatic rings. The Kier molecular flexibility index (Phi) is 5.84. The molecule has 238 valence electrons. The van der Waals surface area contributed by atoms with Gasteiger partial charge in [0.2, 0.25) is 0 Å². The molecule has 1 aliphatic heterocycles. The van der Waals surface area contributed by atoms with Crippen molar-refractivity contribution in [3.05, 3.63) is 192 Å². The van der Waals surface area contributed by atoms with Gasteiger partial charge in [-0.1, -0.05) is 140 Å². The molecule has 0 spiro atoms. The third-order valence-corrected chi connectivity index (χ3v) is 10.6. The molecule has 1 aliphatic carbocycles. The van der Waals surface area contributed by atoms with Crippen molar-refractivity contribution in [3.63, 3.8) is 0 Å². The summed E-state index contributed by atoms with van der Waals surface area (Å²) < 4.78 is 13.3. The molecule has 4 heteroatoms. The summed E-state index contributed by atoms with van der Waals surface area (Å²) in [6.07, 6.45) is 0. The Bertz CT molecular complexity index is 2840. The van der Waals surface area contributed by atoms with Crippen molar-refractivity contribution in [1.82, 2.24) is 9.97 Å². The minimum absolute atomic E-state index is 0.523. The van der Waals surface area contributed by atoms with Gasteiger partial charge in [-0.25, -0.2) is 9.97 Å². The Hall–Kier alpha value is -6.78. The van der Waals surface area contributed by atoms with Crippen LogP contribution in [0.25, 0.3) is 67.0 Å². The van der Waals surface area contributed by atoms with E-state index < -0.39 is 5.41 Å². The number of rotatable bonds is 4. The number of hydrogen-bond donors (Lipinski definition) is 0. The van der Waals surface area contributed by atoms with Crippen LogP contribution in [0.5, 0.6) is 11.5 Å². The number of nitrogens with zero attached hydrogens (tertiary/aromatic N) is 2. The van der Waals surface area contributed by atoms with Crippen LogP contribution >= 0.6 is 0 Å². The third-order valence-electron chi connectivity index (χ3n) is 10.6. The van der Waals surface area contributed by atoms with Gasteiger partial charge in [0.1, 0.15) is 28.3 Å². The van der Waals surface area contributed by atoms with Crippen LogP contribution in [0.3, 0.4) is 0 Å². The van der Waals surface area contributed by atoms with E-state index in [1.165, 1.54) is 27.8 Å². The van der Waals surface area contributed by atoms with Crippen molar-refractivity contribution in [1.29, 1.82) is 0 Å². The lowest BCUT2D eigenvalue weighted by Crippen LogP contribution is -2.31. The number of aromatic nitrogens is 2. The second-order valence-electron chi connectivity index (χ2n) is 13.3. The molecule has 2 aromatic heterocycles. The second kappa shape index (κ2) is 10.6. The Morgan fingerprint density at radius 1 is 0.471 bits per heavy atom. The Morgan fingerprint density at radius 3 is 2.10 bits per heavy atom. The summed E-state index contributed by atoms with van der Waals surface area (Å²) in [7, 11) is 0. The lowest BCUT2D eigenvalue weighted by Gasteiger charge is -2.39.